The van der Waals surface area contributed by atoms with E-state index in [2.05, 4.69) is 0 Å². The van der Waals surface area contributed by atoms with E-state index in [-0.39, 0.29) is 5.91 Å². The van der Waals surface area contributed by atoms with Crippen LogP contribution < -0.4 is 4.90 Å². The summed E-state index contributed by atoms with van der Waals surface area (Å²) in [6.45, 7) is 0.465. The van der Waals surface area contributed by atoms with E-state index in [1.165, 1.54) is 0 Å². The van der Waals surface area contributed by atoms with Gasteiger partial charge in [0.1, 0.15) is 0 Å². The van der Waals surface area contributed by atoms with Crippen LogP contribution in [0.3, 0.4) is 0 Å². The smallest absolute Gasteiger partial charge is 0.320 e. The number of anilines is 1. The Morgan fingerprint density at radius 2 is 2.25 bits per heavy atom. The number of aliphatic carboxylic acids is 1. The molecule has 0 bridgehead atoms. The van der Waals surface area contributed by atoms with Crippen molar-refractivity contribution in [1.29, 1.82) is 0 Å². The molecule has 1 N–H and O–H groups in total. The summed E-state index contributed by atoms with van der Waals surface area (Å²) in [6.07, 6.45) is 3.79. The lowest BCUT2D eigenvalue weighted by atomic mass is 9.98. The van der Waals surface area contributed by atoms with Crippen LogP contribution in [0.15, 0.2) is 24.3 Å². The Hall–Kier alpha value is -2.10. The Kier molecular flexibility index (Phi) is 1.68. The van der Waals surface area contributed by atoms with Crippen molar-refractivity contribution in [3.8, 4) is 0 Å². The summed E-state index contributed by atoms with van der Waals surface area (Å²) >= 11 is 0. The fourth-order valence-electron chi connectivity index (χ4n) is 2.36. The molecular weight excluding hydrogens is 206 g/mol. The van der Waals surface area contributed by atoms with Crippen molar-refractivity contribution < 1.29 is 14.7 Å². The second-order valence-corrected chi connectivity index (χ2v) is 3.91. The van der Waals surface area contributed by atoms with E-state index in [0.29, 0.717) is 12.1 Å². The van der Waals surface area contributed by atoms with Crippen LogP contribution in [0, 0.1) is 0 Å². The molecule has 1 aromatic rings. The van der Waals surface area contributed by atoms with Gasteiger partial charge >= 0.3 is 5.97 Å². The first-order chi connectivity index (χ1) is 7.70. The van der Waals surface area contributed by atoms with Crippen LogP contribution in [0.25, 0.3) is 6.08 Å². The van der Waals surface area contributed by atoms with E-state index in [4.69, 9.17) is 5.11 Å². The Morgan fingerprint density at radius 3 is 3.00 bits per heavy atom. The molecule has 80 valence electrons. The summed E-state index contributed by atoms with van der Waals surface area (Å²) in [5, 5.41) is 9.09. The number of carbonyl (C=O) groups excluding carboxylic acids is 1. The molecule has 1 aromatic carbocycles. The first-order valence-electron chi connectivity index (χ1n) is 5.04. The van der Waals surface area contributed by atoms with Gasteiger partial charge < -0.3 is 10.0 Å². The van der Waals surface area contributed by atoms with Gasteiger partial charge in [-0.3, -0.25) is 9.59 Å². The molecule has 0 aliphatic carbocycles. The van der Waals surface area contributed by atoms with E-state index in [1.54, 1.807) is 17.0 Å². The van der Waals surface area contributed by atoms with Crippen LogP contribution in [-0.2, 0) is 9.59 Å². The van der Waals surface area contributed by atoms with Crippen molar-refractivity contribution >= 4 is 23.6 Å². The summed E-state index contributed by atoms with van der Waals surface area (Å²) in [5.74, 6) is -2.44. The van der Waals surface area contributed by atoms with Crippen molar-refractivity contribution in [3.63, 3.8) is 0 Å². The van der Waals surface area contributed by atoms with Gasteiger partial charge in [0, 0.05) is 12.1 Å². The Bertz CT molecular complexity index is 533. The predicted octanol–water partition coefficient (Wildman–Crippen LogP) is 1.23. The molecule has 0 saturated carbocycles. The van der Waals surface area contributed by atoms with Gasteiger partial charge in [0.15, 0.2) is 5.92 Å². The molecule has 0 radical (unpaired) electrons. The molecule has 2 aliphatic heterocycles. The standard InChI is InChI=1S/C12H9NO3/c14-11-9(12(15)16)8-5-1-3-7-4-2-6-13(11)10(7)8/h1-5,9H,6H2,(H,15,16). The average Bonchev–Trinajstić information content (AvgIpc) is 2.55. The number of carbonyl (C=O) groups is 2. The number of hydrogen-bond donors (Lipinski definition) is 1. The van der Waals surface area contributed by atoms with Crippen LogP contribution >= 0.6 is 0 Å². The molecule has 4 heteroatoms. The van der Waals surface area contributed by atoms with Gasteiger partial charge in [-0.05, 0) is 5.56 Å². The molecule has 0 aromatic heterocycles. The maximum absolute atomic E-state index is 11.9. The second-order valence-electron chi connectivity index (χ2n) is 3.91. The van der Waals surface area contributed by atoms with Gasteiger partial charge in [-0.25, -0.2) is 0 Å². The third-order valence-electron chi connectivity index (χ3n) is 3.02. The molecule has 16 heavy (non-hydrogen) atoms. The number of benzene rings is 1. The fourth-order valence-corrected chi connectivity index (χ4v) is 2.36. The second kappa shape index (κ2) is 2.95. The fraction of sp³-hybridized carbons (Fsp3) is 0.167. The van der Waals surface area contributed by atoms with Crippen LogP contribution in [0.4, 0.5) is 5.69 Å². The highest BCUT2D eigenvalue weighted by molar-refractivity contribution is 6.17. The molecular formula is C12H9NO3. The SMILES string of the molecule is O=C(O)C1C(=O)N2CC=Cc3cccc1c32. The van der Waals surface area contributed by atoms with E-state index in [0.717, 1.165) is 11.3 Å². The molecule has 1 amide bonds. The minimum absolute atomic E-state index is 0.334. The lowest BCUT2D eigenvalue weighted by molar-refractivity contribution is -0.141. The normalized spacial score (nSPS) is 21.1. The third kappa shape index (κ3) is 0.984. The summed E-state index contributed by atoms with van der Waals surface area (Å²) < 4.78 is 0. The van der Waals surface area contributed by atoms with Crippen LogP contribution in [-0.4, -0.2) is 23.5 Å². The van der Waals surface area contributed by atoms with Crippen LogP contribution in [0.1, 0.15) is 17.0 Å². The maximum Gasteiger partial charge on any atom is 0.320 e. The summed E-state index contributed by atoms with van der Waals surface area (Å²) in [4.78, 5) is 24.6. The molecule has 0 fully saturated rings. The van der Waals surface area contributed by atoms with Crippen molar-refractivity contribution in [2.45, 2.75) is 5.92 Å². The lowest BCUT2D eigenvalue weighted by Gasteiger charge is -2.20. The highest BCUT2D eigenvalue weighted by Gasteiger charge is 2.43. The highest BCUT2D eigenvalue weighted by atomic mass is 16.4. The number of nitrogens with zero attached hydrogens (tertiary/aromatic N) is 1. The molecule has 0 spiro atoms. The number of para-hydroxylation sites is 1. The van der Waals surface area contributed by atoms with Gasteiger partial charge in [0.2, 0.25) is 5.91 Å². The summed E-state index contributed by atoms with van der Waals surface area (Å²) in [7, 11) is 0. The van der Waals surface area contributed by atoms with Crippen molar-refractivity contribution in [2.24, 2.45) is 0 Å². The minimum Gasteiger partial charge on any atom is -0.480 e. The zero-order valence-electron chi connectivity index (χ0n) is 8.38. The number of hydrogen-bond acceptors (Lipinski definition) is 2. The van der Waals surface area contributed by atoms with E-state index >= 15 is 0 Å². The topological polar surface area (TPSA) is 57.6 Å². The number of carboxylic acid groups (broad SMARTS) is 1. The molecule has 1 unspecified atom stereocenters. The molecule has 3 rings (SSSR count). The number of amides is 1. The molecule has 0 saturated heterocycles. The van der Waals surface area contributed by atoms with E-state index in [1.807, 2.05) is 18.2 Å². The molecule has 4 nitrogen and oxygen atoms in total. The minimum atomic E-state index is -1.08. The number of carboxylic acids is 1. The summed E-state index contributed by atoms with van der Waals surface area (Å²) in [5.41, 5.74) is 2.29. The zero-order chi connectivity index (χ0) is 11.3. The quantitative estimate of drug-likeness (QED) is 0.717. The Morgan fingerprint density at radius 1 is 1.44 bits per heavy atom. The largest absolute Gasteiger partial charge is 0.480 e. The summed E-state index contributed by atoms with van der Waals surface area (Å²) in [6, 6.07) is 5.39. The van der Waals surface area contributed by atoms with E-state index in [9.17, 15) is 9.59 Å². The zero-order valence-corrected chi connectivity index (χ0v) is 8.38. The maximum atomic E-state index is 11.9. The van der Waals surface area contributed by atoms with Gasteiger partial charge in [-0.1, -0.05) is 30.4 Å². The third-order valence-corrected chi connectivity index (χ3v) is 3.02. The van der Waals surface area contributed by atoms with Gasteiger partial charge in [0.25, 0.3) is 0 Å². The highest BCUT2D eigenvalue weighted by Crippen LogP contribution is 2.41. The Labute approximate surface area is 91.8 Å². The van der Waals surface area contributed by atoms with Crippen LogP contribution in [0.2, 0.25) is 0 Å². The van der Waals surface area contributed by atoms with Crippen LogP contribution in [0.5, 0.6) is 0 Å². The molecule has 2 heterocycles. The first kappa shape index (κ1) is 9.15. The van der Waals surface area contributed by atoms with Gasteiger partial charge in [-0.2, -0.15) is 0 Å². The molecule has 1 atom stereocenters. The van der Waals surface area contributed by atoms with Gasteiger partial charge in [0.05, 0.1) is 5.69 Å². The first-order valence-corrected chi connectivity index (χ1v) is 5.04. The lowest BCUT2D eigenvalue weighted by Crippen LogP contribution is -2.32. The van der Waals surface area contributed by atoms with Crippen molar-refractivity contribution in [2.75, 3.05) is 11.4 Å². The average molecular weight is 215 g/mol. The van der Waals surface area contributed by atoms with Crippen molar-refractivity contribution in [3.05, 3.63) is 35.4 Å². The molecule has 2 aliphatic rings. The van der Waals surface area contributed by atoms with Crippen molar-refractivity contribution in [1.82, 2.24) is 0 Å². The van der Waals surface area contributed by atoms with Gasteiger partial charge in [-0.15, -0.1) is 0 Å². The predicted molar refractivity (Wildman–Crippen MR) is 58.2 cm³/mol. The Balaban J connectivity index is 2.27. The monoisotopic (exact) mass is 215 g/mol. The number of rotatable bonds is 1. The van der Waals surface area contributed by atoms with E-state index < -0.39 is 11.9 Å².